The van der Waals surface area contributed by atoms with Crippen LogP contribution in [-0.4, -0.2) is 25.2 Å². The highest BCUT2D eigenvalue weighted by Crippen LogP contribution is 2.10. The number of aliphatic imine (C=N–C) groups is 1. The van der Waals surface area contributed by atoms with Crippen LogP contribution in [0.4, 0.5) is 0 Å². The Hall–Kier alpha value is -1.55. The lowest BCUT2D eigenvalue weighted by atomic mass is 10.1. The van der Waals surface area contributed by atoms with E-state index in [1.807, 2.05) is 13.0 Å². The van der Waals surface area contributed by atoms with E-state index < -0.39 is 0 Å². The van der Waals surface area contributed by atoms with Gasteiger partial charge in [-0.3, -0.25) is 4.99 Å². The third-order valence-electron chi connectivity index (χ3n) is 2.93. The number of hydrogen-bond acceptors (Lipinski definition) is 4. The molecule has 0 aliphatic carbocycles. The number of guanidine groups is 1. The summed E-state index contributed by atoms with van der Waals surface area (Å²) in [4.78, 5) is 4.39. The second kappa shape index (κ2) is 6.40. The molecule has 2 rings (SSSR count). The monoisotopic (exact) mass is 247 g/mol. The Morgan fingerprint density at radius 3 is 2.83 bits per heavy atom. The average molecular weight is 247 g/mol. The van der Waals surface area contributed by atoms with E-state index in [2.05, 4.69) is 40.7 Å². The molecule has 0 radical (unpaired) electrons. The van der Waals surface area contributed by atoms with E-state index in [0.717, 1.165) is 25.7 Å². The Morgan fingerprint density at radius 1 is 1.39 bits per heavy atom. The Bertz CT molecular complexity index is 417. The first-order chi connectivity index (χ1) is 8.79. The molecular weight excluding hydrogens is 226 g/mol. The molecular formula is C14H21N3O. The van der Waals surface area contributed by atoms with Crippen molar-refractivity contribution in [1.29, 1.82) is 0 Å². The molecule has 1 unspecified atom stereocenters. The summed E-state index contributed by atoms with van der Waals surface area (Å²) < 4.78 is 5.48. The van der Waals surface area contributed by atoms with Crippen molar-refractivity contribution in [3.05, 3.63) is 35.4 Å². The van der Waals surface area contributed by atoms with E-state index in [0.29, 0.717) is 12.6 Å². The fraction of sp³-hybridized carbons (Fsp3) is 0.500. The van der Waals surface area contributed by atoms with Crippen LogP contribution in [0.5, 0.6) is 0 Å². The number of benzene rings is 1. The van der Waals surface area contributed by atoms with Crippen molar-refractivity contribution in [2.75, 3.05) is 13.2 Å². The van der Waals surface area contributed by atoms with Crippen molar-refractivity contribution >= 4 is 5.96 Å². The molecule has 1 aromatic carbocycles. The molecule has 0 spiro atoms. The van der Waals surface area contributed by atoms with Crippen LogP contribution in [0.3, 0.4) is 0 Å². The number of ether oxygens (including phenoxy) is 1. The van der Waals surface area contributed by atoms with E-state index in [4.69, 9.17) is 4.74 Å². The van der Waals surface area contributed by atoms with Crippen molar-refractivity contribution in [1.82, 2.24) is 10.6 Å². The molecule has 98 valence electrons. The second-order valence-electron chi connectivity index (χ2n) is 4.49. The van der Waals surface area contributed by atoms with Crippen molar-refractivity contribution in [3.63, 3.8) is 0 Å². The lowest BCUT2D eigenvalue weighted by molar-refractivity contribution is 0.133. The molecule has 4 heteroatoms. The molecule has 0 saturated carbocycles. The summed E-state index contributed by atoms with van der Waals surface area (Å²) in [5.41, 5.74) is 2.49. The zero-order valence-electron chi connectivity index (χ0n) is 11.1. The Balaban J connectivity index is 1.92. The maximum atomic E-state index is 5.48. The van der Waals surface area contributed by atoms with Gasteiger partial charge < -0.3 is 15.4 Å². The fourth-order valence-corrected chi connectivity index (χ4v) is 1.92. The third-order valence-corrected chi connectivity index (χ3v) is 2.93. The highest BCUT2D eigenvalue weighted by atomic mass is 16.5. The molecule has 0 amide bonds. The molecule has 1 aromatic rings. The Labute approximate surface area is 108 Å². The van der Waals surface area contributed by atoms with Crippen LogP contribution in [0.15, 0.2) is 29.3 Å². The lowest BCUT2D eigenvalue weighted by Crippen LogP contribution is -2.37. The second-order valence-corrected chi connectivity index (χ2v) is 4.49. The van der Waals surface area contributed by atoms with Crippen molar-refractivity contribution < 1.29 is 4.74 Å². The summed E-state index contributed by atoms with van der Waals surface area (Å²) in [5.74, 6) is 0.897. The Kier molecular flexibility index (Phi) is 4.59. The number of hydrogen-bond donors (Lipinski definition) is 2. The molecule has 1 atom stereocenters. The van der Waals surface area contributed by atoms with Crippen molar-refractivity contribution in [2.45, 2.75) is 33.0 Å². The highest BCUT2D eigenvalue weighted by Gasteiger charge is 2.12. The SMILES string of the molecule is CCOCc1ccccc1CNC1=NCC(C)N1. The van der Waals surface area contributed by atoms with Gasteiger partial charge in [0.25, 0.3) is 0 Å². The van der Waals surface area contributed by atoms with Crippen LogP contribution >= 0.6 is 0 Å². The van der Waals surface area contributed by atoms with Gasteiger partial charge in [0.15, 0.2) is 5.96 Å². The first kappa shape index (κ1) is 12.9. The summed E-state index contributed by atoms with van der Waals surface area (Å²) in [6, 6.07) is 8.77. The number of nitrogens with zero attached hydrogens (tertiary/aromatic N) is 1. The van der Waals surface area contributed by atoms with Crippen LogP contribution in [-0.2, 0) is 17.9 Å². The summed E-state index contributed by atoms with van der Waals surface area (Å²) in [7, 11) is 0. The van der Waals surface area contributed by atoms with Gasteiger partial charge in [0.05, 0.1) is 13.2 Å². The van der Waals surface area contributed by atoms with E-state index >= 15 is 0 Å². The van der Waals surface area contributed by atoms with Crippen LogP contribution < -0.4 is 10.6 Å². The first-order valence-electron chi connectivity index (χ1n) is 6.49. The van der Waals surface area contributed by atoms with Crippen LogP contribution in [0.1, 0.15) is 25.0 Å². The maximum Gasteiger partial charge on any atom is 0.191 e. The van der Waals surface area contributed by atoms with Gasteiger partial charge in [-0.05, 0) is 25.0 Å². The normalized spacial score (nSPS) is 18.3. The zero-order valence-corrected chi connectivity index (χ0v) is 11.1. The standard InChI is InChI=1S/C14H21N3O/c1-3-18-10-13-7-5-4-6-12(13)9-16-14-15-8-11(2)17-14/h4-7,11H,3,8-10H2,1-2H3,(H2,15,16,17). The molecule has 0 aromatic heterocycles. The molecule has 0 bridgehead atoms. The van der Waals surface area contributed by atoms with Crippen LogP contribution in [0, 0.1) is 0 Å². The fourth-order valence-electron chi connectivity index (χ4n) is 1.92. The molecule has 0 fully saturated rings. The minimum absolute atomic E-state index is 0.436. The van der Waals surface area contributed by atoms with Gasteiger partial charge in [0.2, 0.25) is 0 Å². The zero-order chi connectivity index (χ0) is 12.8. The van der Waals surface area contributed by atoms with Gasteiger partial charge in [0, 0.05) is 19.2 Å². The maximum absolute atomic E-state index is 5.48. The van der Waals surface area contributed by atoms with Gasteiger partial charge in [0.1, 0.15) is 0 Å². The van der Waals surface area contributed by atoms with E-state index in [9.17, 15) is 0 Å². The quantitative estimate of drug-likeness (QED) is 0.832. The molecule has 0 saturated heterocycles. The van der Waals surface area contributed by atoms with Crippen LogP contribution in [0.2, 0.25) is 0 Å². The number of rotatable bonds is 5. The van der Waals surface area contributed by atoms with E-state index in [-0.39, 0.29) is 0 Å². The minimum Gasteiger partial charge on any atom is -0.377 e. The third kappa shape index (κ3) is 3.47. The minimum atomic E-state index is 0.436. The predicted octanol–water partition coefficient (Wildman–Crippen LogP) is 1.66. The Morgan fingerprint density at radius 2 is 2.17 bits per heavy atom. The van der Waals surface area contributed by atoms with Gasteiger partial charge >= 0.3 is 0 Å². The van der Waals surface area contributed by atoms with E-state index in [1.54, 1.807) is 0 Å². The molecule has 4 nitrogen and oxygen atoms in total. The van der Waals surface area contributed by atoms with Gasteiger partial charge in [-0.25, -0.2) is 0 Å². The summed E-state index contributed by atoms with van der Waals surface area (Å²) >= 11 is 0. The first-order valence-corrected chi connectivity index (χ1v) is 6.49. The average Bonchev–Trinajstić information content (AvgIpc) is 2.81. The van der Waals surface area contributed by atoms with Crippen molar-refractivity contribution in [2.24, 2.45) is 4.99 Å². The van der Waals surface area contributed by atoms with Gasteiger partial charge in [-0.15, -0.1) is 0 Å². The smallest absolute Gasteiger partial charge is 0.191 e. The number of nitrogens with one attached hydrogen (secondary N) is 2. The van der Waals surface area contributed by atoms with Crippen molar-refractivity contribution in [3.8, 4) is 0 Å². The molecule has 1 aliphatic heterocycles. The largest absolute Gasteiger partial charge is 0.377 e. The molecule has 1 aliphatic rings. The molecule has 18 heavy (non-hydrogen) atoms. The summed E-state index contributed by atoms with van der Waals surface area (Å²) in [5, 5.41) is 6.62. The summed E-state index contributed by atoms with van der Waals surface area (Å²) in [6.07, 6.45) is 0. The lowest BCUT2D eigenvalue weighted by Gasteiger charge is -2.12. The predicted molar refractivity (Wildman–Crippen MR) is 73.5 cm³/mol. The van der Waals surface area contributed by atoms with Gasteiger partial charge in [-0.2, -0.15) is 0 Å². The molecule has 1 heterocycles. The summed E-state index contributed by atoms with van der Waals surface area (Å²) in [6.45, 7) is 7.18. The molecule has 2 N–H and O–H groups in total. The van der Waals surface area contributed by atoms with Gasteiger partial charge in [-0.1, -0.05) is 24.3 Å². The van der Waals surface area contributed by atoms with Crippen LogP contribution in [0.25, 0.3) is 0 Å². The van der Waals surface area contributed by atoms with E-state index in [1.165, 1.54) is 11.1 Å². The highest BCUT2D eigenvalue weighted by molar-refractivity contribution is 5.81. The topological polar surface area (TPSA) is 45.6 Å².